The Kier molecular flexibility index (Phi) is 3.50. The standard InChI is InChI=1S/C22H17F2N3/c1-27-21-5-3-2-4-15(21)17-10-13(6-9-22(17)27)19-12-20(26-25-19)16-8-7-14(23)11-18(16)24/h2-11,19,25H,12H2,1H3. The van der Waals surface area contributed by atoms with Gasteiger partial charge in [-0.25, -0.2) is 8.78 Å². The van der Waals surface area contributed by atoms with Crippen LogP contribution in [0.4, 0.5) is 8.78 Å². The summed E-state index contributed by atoms with van der Waals surface area (Å²) in [7, 11) is 2.07. The molecule has 134 valence electrons. The normalized spacial score (nSPS) is 16.7. The lowest BCUT2D eigenvalue weighted by molar-refractivity contribution is 0.581. The summed E-state index contributed by atoms with van der Waals surface area (Å²) in [4.78, 5) is 0. The van der Waals surface area contributed by atoms with E-state index in [1.165, 1.54) is 33.9 Å². The molecule has 5 rings (SSSR count). The minimum atomic E-state index is -0.583. The van der Waals surface area contributed by atoms with E-state index in [9.17, 15) is 8.78 Å². The highest BCUT2D eigenvalue weighted by atomic mass is 19.1. The van der Waals surface area contributed by atoms with Gasteiger partial charge >= 0.3 is 0 Å². The van der Waals surface area contributed by atoms with Crippen molar-refractivity contribution in [3.8, 4) is 0 Å². The number of aromatic nitrogens is 1. The van der Waals surface area contributed by atoms with E-state index >= 15 is 0 Å². The fourth-order valence-electron chi connectivity index (χ4n) is 3.93. The SMILES string of the molecule is Cn1c2ccccc2c2cc(C3CC(c4ccc(F)cc4F)=NN3)ccc21. The van der Waals surface area contributed by atoms with Gasteiger partial charge < -0.3 is 9.99 Å². The Morgan fingerprint density at radius 2 is 1.78 bits per heavy atom. The van der Waals surface area contributed by atoms with Crippen LogP contribution in [0.25, 0.3) is 21.8 Å². The van der Waals surface area contributed by atoms with E-state index < -0.39 is 11.6 Å². The lowest BCUT2D eigenvalue weighted by atomic mass is 9.97. The summed E-state index contributed by atoms with van der Waals surface area (Å²) in [5.74, 6) is -1.17. The number of nitrogens with zero attached hydrogens (tertiary/aromatic N) is 2. The average molecular weight is 361 g/mol. The van der Waals surface area contributed by atoms with E-state index in [-0.39, 0.29) is 6.04 Å². The van der Waals surface area contributed by atoms with Crippen LogP contribution in [0.15, 0.2) is 65.8 Å². The molecule has 1 aliphatic rings. The van der Waals surface area contributed by atoms with Crippen LogP contribution in [-0.4, -0.2) is 10.3 Å². The molecule has 0 bridgehead atoms. The molecule has 27 heavy (non-hydrogen) atoms. The highest BCUT2D eigenvalue weighted by molar-refractivity contribution is 6.08. The number of halogens is 2. The van der Waals surface area contributed by atoms with E-state index in [1.54, 1.807) is 0 Å². The van der Waals surface area contributed by atoms with Crippen LogP contribution >= 0.6 is 0 Å². The van der Waals surface area contributed by atoms with Crippen LogP contribution in [0.5, 0.6) is 0 Å². The number of nitrogens with one attached hydrogen (secondary N) is 1. The zero-order chi connectivity index (χ0) is 18.5. The Hall–Kier alpha value is -3.21. The van der Waals surface area contributed by atoms with Crippen LogP contribution in [0.3, 0.4) is 0 Å². The van der Waals surface area contributed by atoms with Crippen molar-refractivity contribution in [2.45, 2.75) is 12.5 Å². The maximum atomic E-state index is 14.1. The Morgan fingerprint density at radius 1 is 0.963 bits per heavy atom. The van der Waals surface area contributed by atoms with Crippen molar-refractivity contribution in [3.63, 3.8) is 0 Å². The van der Waals surface area contributed by atoms with Crippen LogP contribution in [0, 0.1) is 11.6 Å². The van der Waals surface area contributed by atoms with Crippen molar-refractivity contribution < 1.29 is 8.78 Å². The third-order valence-electron chi connectivity index (χ3n) is 5.33. The van der Waals surface area contributed by atoms with Gasteiger partial charge in [-0.15, -0.1) is 0 Å². The number of hydrogen-bond acceptors (Lipinski definition) is 2. The molecule has 1 unspecified atom stereocenters. The van der Waals surface area contributed by atoms with Crippen molar-refractivity contribution in [3.05, 3.63) is 83.4 Å². The number of fused-ring (bicyclic) bond motifs is 3. The fourth-order valence-corrected chi connectivity index (χ4v) is 3.93. The summed E-state index contributed by atoms with van der Waals surface area (Å²) < 4.78 is 29.4. The summed E-state index contributed by atoms with van der Waals surface area (Å²) >= 11 is 0. The first kappa shape index (κ1) is 16.0. The predicted molar refractivity (Wildman–Crippen MR) is 104 cm³/mol. The first-order chi connectivity index (χ1) is 13.1. The molecule has 3 aromatic carbocycles. The third-order valence-corrected chi connectivity index (χ3v) is 5.33. The molecule has 0 spiro atoms. The molecule has 3 nitrogen and oxygen atoms in total. The molecule has 0 radical (unpaired) electrons. The highest BCUT2D eigenvalue weighted by Gasteiger charge is 2.24. The largest absolute Gasteiger partial charge is 0.344 e. The number of hydrogen-bond donors (Lipinski definition) is 1. The van der Waals surface area contributed by atoms with E-state index in [2.05, 4.69) is 52.5 Å². The zero-order valence-electron chi connectivity index (χ0n) is 14.7. The molecule has 0 amide bonds. The minimum Gasteiger partial charge on any atom is -0.344 e. The Labute approximate surface area is 154 Å². The molecule has 5 heteroatoms. The van der Waals surface area contributed by atoms with Crippen molar-refractivity contribution in [2.24, 2.45) is 12.1 Å². The van der Waals surface area contributed by atoms with Gasteiger partial charge in [0.25, 0.3) is 0 Å². The number of aryl methyl sites for hydroxylation is 1. The van der Waals surface area contributed by atoms with E-state index in [0.717, 1.165) is 11.6 Å². The molecule has 0 saturated carbocycles. The van der Waals surface area contributed by atoms with Gasteiger partial charge in [0.05, 0.1) is 11.8 Å². The maximum Gasteiger partial charge on any atom is 0.135 e. The van der Waals surface area contributed by atoms with E-state index in [1.807, 2.05) is 12.1 Å². The summed E-state index contributed by atoms with van der Waals surface area (Å²) in [5, 5.41) is 6.70. The monoisotopic (exact) mass is 361 g/mol. The van der Waals surface area contributed by atoms with Crippen molar-refractivity contribution in [1.29, 1.82) is 0 Å². The lowest BCUT2D eigenvalue weighted by Crippen LogP contribution is -2.10. The van der Waals surface area contributed by atoms with Gasteiger partial charge in [-0.2, -0.15) is 5.10 Å². The molecule has 1 N–H and O–H groups in total. The molecule has 0 aliphatic carbocycles. The number of benzene rings is 3. The van der Waals surface area contributed by atoms with Crippen molar-refractivity contribution >= 4 is 27.5 Å². The molecular formula is C22H17F2N3. The smallest absolute Gasteiger partial charge is 0.135 e. The van der Waals surface area contributed by atoms with Gasteiger partial charge in [-0.05, 0) is 35.9 Å². The van der Waals surface area contributed by atoms with E-state index in [0.29, 0.717) is 17.7 Å². The molecule has 1 aromatic heterocycles. The molecule has 1 atom stereocenters. The predicted octanol–water partition coefficient (Wildman–Crippen LogP) is 5.05. The summed E-state index contributed by atoms with van der Waals surface area (Å²) in [5.41, 5.74) is 7.51. The second kappa shape index (κ2) is 5.91. The summed E-state index contributed by atoms with van der Waals surface area (Å²) in [6.45, 7) is 0. The topological polar surface area (TPSA) is 29.3 Å². The van der Waals surface area contributed by atoms with E-state index in [4.69, 9.17) is 0 Å². The Morgan fingerprint density at radius 3 is 2.63 bits per heavy atom. The van der Waals surface area contributed by atoms with Gasteiger partial charge in [0.2, 0.25) is 0 Å². The molecule has 4 aromatic rings. The van der Waals surface area contributed by atoms with Gasteiger partial charge in [0.1, 0.15) is 11.6 Å². The zero-order valence-corrected chi connectivity index (χ0v) is 14.7. The summed E-state index contributed by atoms with van der Waals surface area (Å²) in [6, 6.07) is 18.3. The van der Waals surface area contributed by atoms with Gasteiger partial charge in [-0.3, -0.25) is 0 Å². The lowest BCUT2D eigenvalue weighted by Gasteiger charge is -2.11. The van der Waals surface area contributed by atoms with Gasteiger partial charge in [-0.1, -0.05) is 24.3 Å². The van der Waals surface area contributed by atoms with Crippen LogP contribution in [-0.2, 0) is 7.05 Å². The van der Waals surface area contributed by atoms with Crippen LogP contribution < -0.4 is 5.43 Å². The maximum absolute atomic E-state index is 14.1. The molecule has 1 aliphatic heterocycles. The highest BCUT2D eigenvalue weighted by Crippen LogP contribution is 2.32. The minimum absolute atomic E-state index is 0.0344. The number of para-hydroxylation sites is 1. The van der Waals surface area contributed by atoms with Crippen molar-refractivity contribution in [2.75, 3.05) is 0 Å². The Balaban J connectivity index is 1.51. The third kappa shape index (κ3) is 2.50. The first-order valence-corrected chi connectivity index (χ1v) is 8.86. The fraction of sp³-hybridized carbons (Fsp3) is 0.136. The second-order valence-electron chi connectivity index (χ2n) is 6.92. The molecule has 0 fully saturated rings. The summed E-state index contributed by atoms with van der Waals surface area (Å²) in [6.07, 6.45) is 0.554. The number of rotatable bonds is 2. The molecule has 2 heterocycles. The Bertz CT molecular complexity index is 1220. The second-order valence-corrected chi connectivity index (χ2v) is 6.92. The van der Waals surface area contributed by atoms with Crippen LogP contribution in [0.2, 0.25) is 0 Å². The quantitative estimate of drug-likeness (QED) is 0.532. The van der Waals surface area contributed by atoms with Crippen molar-refractivity contribution in [1.82, 2.24) is 9.99 Å². The molecule has 0 saturated heterocycles. The van der Waals surface area contributed by atoms with Gasteiger partial charge in [0, 0.05) is 46.9 Å². The molecular weight excluding hydrogens is 344 g/mol. The number of hydrazone groups is 1. The van der Waals surface area contributed by atoms with Crippen LogP contribution in [0.1, 0.15) is 23.6 Å². The average Bonchev–Trinajstić information content (AvgIpc) is 3.26. The van der Waals surface area contributed by atoms with Gasteiger partial charge in [0.15, 0.2) is 0 Å². The first-order valence-electron chi connectivity index (χ1n) is 8.86.